The largest absolute Gasteiger partial charge is 0.354 e. The number of nitrogens with zero attached hydrogens (tertiary/aromatic N) is 1. The van der Waals surface area contributed by atoms with E-state index in [-0.39, 0.29) is 91.8 Å². The van der Waals surface area contributed by atoms with Gasteiger partial charge in [-0.25, -0.2) is 25.3 Å². The summed E-state index contributed by atoms with van der Waals surface area (Å²) in [4.78, 5) is 37.8. The second-order valence-corrected chi connectivity index (χ2v) is 15.9. The Balaban J connectivity index is 4.89. The summed E-state index contributed by atoms with van der Waals surface area (Å²) in [5, 5.41) is 4.99. The molecule has 0 aromatic rings. The number of carbonyl (C=O) groups excluding carboxylic acids is 3. The van der Waals surface area contributed by atoms with E-state index in [1.807, 2.05) is 0 Å². The number of hydrogen-bond donors (Lipinski definition) is 2. The number of hydrogen-bond acceptors (Lipinski definition) is 9. The van der Waals surface area contributed by atoms with Crippen molar-refractivity contribution >= 4 is 82.0 Å². The molecule has 0 spiro atoms. The van der Waals surface area contributed by atoms with Crippen LogP contribution in [0.1, 0.15) is 19.3 Å². The maximum Gasteiger partial charge on any atom is 0.223 e. The van der Waals surface area contributed by atoms with Gasteiger partial charge in [-0.3, -0.25) is 14.4 Å². The summed E-state index contributed by atoms with van der Waals surface area (Å²) in [7, 11) is -10.4. The van der Waals surface area contributed by atoms with Gasteiger partial charge in [0.2, 0.25) is 17.7 Å². The fourth-order valence-corrected chi connectivity index (χ4v) is 7.67. The summed E-state index contributed by atoms with van der Waals surface area (Å²) >= 11 is 16.3. The van der Waals surface area contributed by atoms with E-state index in [0.717, 1.165) is 0 Å². The van der Waals surface area contributed by atoms with Gasteiger partial charge in [0, 0.05) is 63.1 Å². The maximum absolute atomic E-state index is 12.6. The standard InChI is InChI=1S/C19H34Cl3N3O9S3/c20-4-14-35(29,30)11-1-17(26)23-7-9-25(19(28)3-13-37(33,34)16-6-22)10-8-24-18(27)2-12-36(31,32)15-5-21/h1-16H2,(H,23,26)(H,24,27). The normalized spacial score (nSPS) is 12.2. The molecule has 0 rings (SSSR count). The molecule has 0 aromatic carbocycles. The zero-order chi connectivity index (χ0) is 28.5. The number of alkyl halides is 3. The Morgan fingerprint density at radius 2 is 0.865 bits per heavy atom. The molecule has 18 heteroatoms. The highest BCUT2D eigenvalue weighted by molar-refractivity contribution is 7.92. The monoisotopic (exact) mass is 649 g/mol. The summed E-state index contributed by atoms with van der Waals surface area (Å²) in [5.74, 6) is -3.89. The minimum atomic E-state index is -3.53. The van der Waals surface area contributed by atoms with Crippen LogP contribution in [0.5, 0.6) is 0 Å². The molecule has 0 saturated carbocycles. The van der Waals surface area contributed by atoms with Gasteiger partial charge >= 0.3 is 0 Å². The molecular formula is C19H34Cl3N3O9S3. The summed E-state index contributed by atoms with van der Waals surface area (Å²) in [5.41, 5.74) is 0. The minimum Gasteiger partial charge on any atom is -0.354 e. The van der Waals surface area contributed by atoms with Gasteiger partial charge in [-0.2, -0.15) is 0 Å². The molecule has 0 bridgehead atoms. The van der Waals surface area contributed by atoms with Gasteiger partial charge in [0.25, 0.3) is 0 Å². The molecule has 37 heavy (non-hydrogen) atoms. The Hall–Kier alpha value is -0.870. The molecule has 218 valence electrons. The third-order valence-corrected chi connectivity index (χ3v) is 11.0. The van der Waals surface area contributed by atoms with Crippen LogP contribution in [0.25, 0.3) is 0 Å². The van der Waals surface area contributed by atoms with Crippen molar-refractivity contribution in [3.05, 3.63) is 0 Å². The van der Waals surface area contributed by atoms with E-state index in [2.05, 4.69) is 10.6 Å². The first-order valence-corrected chi connectivity index (χ1v) is 18.3. The number of nitrogens with one attached hydrogen (secondary N) is 2. The highest BCUT2D eigenvalue weighted by Crippen LogP contribution is 2.02. The SMILES string of the molecule is O=C(CCS(=O)(=O)CCCl)NCCN(CCNC(=O)CCS(=O)(=O)CCCl)C(=O)CCS(=O)(=O)CCCl. The van der Waals surface area contributed by atoms with Crippen molar-refractivity contribution in [2.24, 2.45) is 0 Å². The Morgan fingerprint density at radius 3 is 1.19 bits per heavy atom. The van der Waals surface area contributed by atoms with Crippen molar-refractivity contribution in [3.63, 3.8) is 0 Å². The Kier molecular flexibility index (Phi) is 18.0. The second kappa shape index (κ2) is 18.4. The number of sulfone groups is 3. The molecule has 2 N–H and O–H groups in total. The molecule has 0 saturated heterocycles. The quantitative estimate of drug-likeness (QED) is 0.150. The molecule has 0 aliphatic rings. The average Bonchev–Trinajstić information content (AvgIpc) is 2.79. The molecule has 3 amide bonds. The summed E-state index contributed by atoms with van der Waals surface area (Å²) < 4.78 is 70.4. The lowest BCUT2D eigenvalue weighted by atomic mass is 10.3. The summed E-state index contributed by atoms with van der Waals surface area (Å²) in [6, 6.07) is 0. The van der Waals surface area contributed by atoms with E-state index in [1.165, 1.54) is 4.90 Å². The lowest BCUT2D eigenvalue weighted by Gasteiger charge is -2.23. The summed E-state index contributed by atoms with van der Waals surface area (Å²) in [6.07, 6.45) is -0.909. The molecule has 0 aliphatic heterocycles. The van der Waals surface area contributed by atoms with Crippen LogP contribution in [0.2, 0.25) is 0 Å². The molecule has 0 unspecified atom stereocenters. The first-order valence-electron chi connectivity index (χ1n) is 11.3. The molecule has 0 aromatic heterocycles. The van der Waals surface area contributed by atoms with Gasteiger partial charge in [-0.1, -0.05) is 0 Å². The van der Waals surface area contributed by atoms with Crippen LogP contribution >= 0.6 is 34.8 Å². The van der Waals surface area contributed by atoms with Crippen molar-refractivity contribution in [1.29, 1.82) is 0 Å². The molecular weight excluding hydrogens is 617 g/mol. The van der Waals surface area contributed by atoms with Crippen molar-refractivity contribution in [2.45, 2.75) is 19.3 Å². The van der Waals surface area contributed by atoms with Gasteiger partial charge in [0.05, 0.1) is 34.5 Å². The van der Waals surface area contributed by atoms with E-state index in [4.69, 9.17) is 34.8 Å². The van der Waals surface area contributed by atoms with E-state index >= 15 is 0 Å². The first kappa shape index (κ1) is 36.1. The van der Waals surface area contributed by atoms with E-state index in [9.17, 15) is 39.6 Å². The molecule has 0 aliphatic carbocycles. The van der Waals surface area contributed by atoms with E-state index < -0.39 is 53.0 Å². The predicted octanol–water partition coefficient (Wildman–Crippen LogP) is -0.821. The van der Waals surface area contributed by atoms with Crippen LogP contribution in [0.4, 0.5) is 0 Å². The van der Waals surface area contributed by atoms with Crippen LogP contribution in [-0.4, -0.2) is 126 Å². The van der Waals surface area contributed by atoms with Crippen molar-refractivity contribution in [1.82, 2.24) is 15.5 Å². The highest BCUT2D eigenvalue weighted by Gasteiger charge is 2.19. The molecule has 0 radical (unpaired) electrons. The topological polar surface area (TPSA) is 181 Å². The lowest BCUT2D eigenvalue weighted by molar-refractivity contribution is -0.131. The number of halogens is 3. The zero-order valence-corrected chi connectivity index (χ0v) is 25.0. The highest BCUT2D eigenvalue weighted by atomic mass is 35.5. The molecule has 12 nitrogen and oxygen atoms in total. The van der Waals surface area contributed by atoms with Gasteiger partial charge < -0.3 is 15.5 Å². The average molecular weight is 651 g/mol. The van der Waals surface area contributed by atoms with Crippen LogP contribution in [-0.2, 0) is 43.9 Å². The maximum atomic E-state index is 12.6. The Labute approximate surface area is 233 Å². The smallest absolute Gasteiger partial charge is 0.223 e. The van der Waals surface area contributed by atoms with Crippen LogP contribution in [0.15, 0.2) is 0 Å². The molecule has 0 atom stereocenters. The Bertz CT molecular complexity index is 995. The van der Waals surface area contributed by atoms with Crippen LogP contribution in [0, 0.1) is 0 Å². The fourth-order valence-electron chi connectivity index (χ4n) is 2.75. The van der Waals surface area contributed by atoms with Gasteiger partial charge in [-0.15, -0.1) is 34.8 Å². The van der Waals surface area contributed by atoms with E-state index in [1.54, 1.807) is 0 Å². The molecule has 0 heterocycles. The van der Waals surface area contributed by atoms with Crippen LogP contribution in [0.3, 0.4) is 0 Å². The fraction of sp³-hybridized carbons (Fsp3) is 0.842. The second-order valence-electron chi connectivity index (χ2n) is 7.85. The van der Waals surface area contributed by atoms with Gasteiger partial charge in [-0.05, 0) is 0 Å². The third kappa shape index (κ3) is 18.9. The first-order chi connectivity index (χ1) is 17.2. The number of carbonyl (C=O) groups is 3. The molecule has 0 fully saturated rings. The third-order valence-electron chi connectivity index (χ3n) is 4.83. The van der Waals surface area contributed by atoms with E-state index in [0.29, 0.717) is 0 Å². The van der Waals surface area contributed by atoms with Crippen molar-refractivity contribution < 1.29 is 39.6 Å². The summed E-state index contributed by atoms with van der Waals surface area (Å²) in [6.45, 7) is -0.151. The van der Waals surface area contributed by atoms with Crippen molar-refractivity contribution in [3.8, 4) is 0 Å². The lowest BCUT2D eigenvalue weighted by Crippen LogP contribution is -2.43. The minimum absolute atomic E-state index is 0.0332. The number of rotatable bonds is 21. The predicted molar refractivity (Wildman–Crippen MR) is 145 cm³/mol. The van der Waals surface area contributed by atoms with Crippen LogP contribution < -0.4 is 10.6 Å². The zero-order valence-electron chi connectivity index (χ0n) is 20.3. The number of amides is 3. The van der Waals surface area contributed by atoms with Crippen molar-refractivity contribution in [2.75, 3.05) is 78.3 Å². The van der Waals surface area contributed by atoms with Gasteiger partial charge in [0.1, 0.15) is 0 Å². The van der Waals surface area contributed by atoms with Gasteiger partial charge in [0.15, 0.2) is 29.5 Å². The Morgan fingerprint density at radius 1 is 0.541 bits per heavy atom.